The first-order chi connectivity index (χ1) is 11.3. The lowest BCUT2D eigenvalue weighted by molar-refractivity contribution is -0.384. The summed E-state index contributed by atoms with van der Waals surface area (Å²) in [5.74, 6) is 0.751. The molecule has 128 valence electrons. The molecule has 1 aromatic carbocycles. The van der Waals surface area contributed by atoms with Crippen LogP contribution >= 0.6 is 0 Å². The van der Waals surface area contributed by atoms with E-state index in [9.17, 15) is 18.5 Å². The van der Waals surface area contributed by atoms with E-state index in [0.29, 0.717) is 17.4 Å². The van der Waals surface area contributed by atoms with E-state index in [2.05, 4.69) is 4.98 Å². The standard InChI is InChI=1S/C15H18N4O4S/c1-17(24(2,22)23)13-7-8-18(10-13)15-6-3-11-9-12(19(20)21)4-5-14(11)16-15/h3-6,9,13H,7-8,10H2,1-2H3. The second-order valence-corrected chi connectivity index (χ2v) is 8.01. The molecule has 0 radical (unpaired) electrons. The van der Waals surface area contributed by atoms with Crippen LogP contribution in [0.4, 0.5) is 11.5 Å². The van der Waals surface area contributed by atoms with Crippen LogP contribution < -0.4 is 4.90 Å². The number of rotatable bonds is 4. The molecule has 0 spiro atoms. The predicted octanol–water partition coefficient (Wildman–Crippen LogP) is 1.61. The molecular weight excluding hydrogens is 332 g/mol. The fourth-order valence-corrected chi connectivity index (χ4v) is 3.62. The third-order valence-electron chi connectivity index (χ3n) is 4.39. The predicted molar refractivity (Wildman–Crippen MR) is 91.6 cm³/mol. The summed E-state index contributed by atoms with van der Waals surface area (Å²) in [6.07, 6.45) is 1.94. The summed E-state index contributed by atoms with van der Waals surface area (Å²) in [4.78, 5) is 17.0. The average Bonchev–Trinajstić information content (AvgIpc) is 3.01. The third kappa shape index (κ3) is 3.17. The highest BCUT2D eigenvalue weighted by atomic mass is 32.2. The van der Waals surface area contributed by atoms with E-state index in [-0.39, 0.29) is 11.7 Å². The molecule has 1 atom stereocenters. The minimum atomic E-state index is -3.22. The zero-order valence-corrected chi connectivity index (χ0v) is 14.2. The Balaban J connectivity index is 1.83. The molecule has 1 saturated heterocycles. The maximum absolute atomic E-state index is 11.7. The highest BCUT2D eigenvalue weighted by molar-refractivity contribution is 7.88. The van der Waals surface area contributed by atoms with Gasteiger partial charge in [0.2, 0.25) is 10.0 Å². The van der Waals surface area contributed by atoms with Crippen LogP contribution in [0.1, 0.15) is 6.42 Å². The van der Waals surface area contributed by atoms with Crippen molar-refractivity contribution in [2.45, 2.75) is 12.5 Å². The Bertz CT molecular complexity index is 899. The van der Waals surface area contributed by atoms with Crippen molar-refractivity contribution < 1.29 is 13.3 Å². The highest BCUT2D eigenvalue weighted by Gasteiger charge is 2.30. The first kappa shape index (κ1) is 16.6. The molecule has 1 unspecified atom stereocenters. The fraction of sp³-hybridized carbons (Fsp3) is 0.400. The number of aromatic nitrogens is 1. The minimum absolute atomic E-state index is 0.0352. The number of benzene rings is 1. The number of anilines is 1. The quantitative estimate of drug-likeness (QED) is 0.614. The Labute approximate surface area is 139 Å². The molecule has 2 heterocycles. The van der Waals surface area contributed by atoms with Gasteiger partial charge in [-0.1, -0.05) is 0 Å². The van der Waals surface area contributed by atoms with E-state index in [4.69, 9.17) is 0 Å². The van der Waals surface area contributed by atoms with E-state index < -0.39 is 14.9 Å². The van der Waals surface area contributed by atoms with Gasteiger partial charge in [0.1, 0.15) is 5.82 Å². The van der Waals surface area contributed by atoms with Crippen molar-refractivity contribution >= 4 is 32.4 Å². The molecule has 0 saturated carbocycles. The van der Waals surface area contributed by atoms with Crippen LogP contribution in [0.2, 0.25) is 0 Å². The van der Waals surface area contributed by atoms with Crippen molar-refractivity contribution in [1.82, 2.24) is 9.29 Å². The van der Waals surface area contributed by atoms with Gasteiger partial charge in [-0.15, -0.1) is 0 Å². The van der Waals surface area contributed by atoms with Gasteiger partial charge in [0, 0.05) is 43.7 Å². The molecule has 0 amide bonds. The summed E-state index contributed by atoms with van der Waals surface area (Å²) in [7, 11) is -1.62. The molecule has 1 aromatic heterocycles. The zero-order valence-electron chi connectivity index (χ0n) is 13.4. The molecule has 3 rings (SSSR count). The van der Waals surface area contributed by atoms with Gasteiger partial charge in [-0.2, -0.15) is 0 Å². The molecule has 0 aliphatic carbocycles. The van der Waals surface area contributed by atoms with Crippen molar-refractivity contribution in [3.63, 3.8) is 0 Å². The average molecular weight is 350 g/mol. The molecule has 24 heavy (non-hydrogen) atoms. The van der Waals surface area contributed by atoms with Gasteiger partial charge in [0.25, 0.3) is 5.69 Å². The lowest BCUT2D eigenvalue weighted by Gasteiger charge is -2.23. The van der Waals surface area contributed by atoms with Crippen molar-refractivity contribution in [3.8, 4) is 0 Å². The Morgan fingerprint density at radius 3 is 2.75 bits per heavy atom. The third-order valence-corrected chi connectivity index (χ3v) is 5.74. The molecule has 9 heteroatoms. The van der Waals surface area contributed by atoms with Gasteiger partial charge in [-0.05, 0) is 24.6 Å². The van der Waals surface area contributed by atoms with Crippen molar-refractivity contribution in [2.75, 3.05) is 31.3 Å². The van der Waals surface area contributed by atoms with Gasteiger partial charge < -0.3 is 4.90 Å². The van der Waals surface area contributed by atoms with Crippen LogP contribution in [-0.4, -0.2) is 55.1 Å². The summed E-state index contributed by atoms with van der Waals surface area (Å²) in [6.45, 7) is 1.30. The number of nitro groups is 1. The number of pyridine rings is 1. The largest absolute Gasteiger partial charge is 0.355 e. The lowest BCUT2D eigenvalue weighted by Crippen LogP contribution is -2.38. The second kappa shape index (κ2) is 5.99. The number of sulfonamides is 1. The molecular formula is C15H18N4O4S. The van der Waals surface area contributed by atoms with Crippen LogP contribution in [0.3, 0.4) is 0 Å². The van der Waals surface area contributed by atoms with Gasteiger partial charge in [0.15, 0.2) is 0 Å². The van der Waals surface area contributed by atoms with Crippen LogP contribution in [0.15, 0.2) is 30.3 Å². The maximum atomic E-state index is 11.7. The van der Waals surface area contributed by atoms with Crippen LogP contribution in [0.5, 0.6) is 0 Å². The Morgan fingerprint density at radius 1 is 1.33 bits per heavy atom. The smallest absolute Gasteiger partial charge is 0.270 e. The van der Waals surface area contributed by atoms with E-state index in [1.165, 1.54) is 22.7 Å². The number of nitro benzene ring substituents is 1. The monoisotopic (exact) mass is 350 g/mol. The number of fused-ring (bicyclic) bond motifs is 1. The topological polar surface area (TPSA) is 96.7 Å². The van der Waals surface area contributed by atoms with Crippen molar-refractivity contribution in [2.24, 2.45) is 0 Å². The van der Waals surface area contributed by atoms with Crippen molar-refractivity contribution in [3.05, 3.63) is 40.4 Å². The fourth-order valence-electron chi connectivity index (χ4n) is 2.91. The number of nitrogens with zero attached hydrogens (tertiary/aromatic N) is 4. The molecule has 2 aromatic rings. The molecule has 1 aliphatic rings. The Morgan fingerprint density at radius 2 is 2.08 bits per heavy atom. The molecule has 1 fully saturated rings. The molecule has 8 nitrogen and oxygen atoms in total. The summed E-state index contributed by atoms with van der Waals surface area (Å²) in [6, 6.07) is 8.11. The summed E-state index contributed by atoms with van der Waals surface area (Å²) < 4.78 is 24.7. The first-order valence-electron chi connectivity index (χ1n) is 7.49. The summed E-state index contributed by atoms with van der Waals surface area (Å²) in [5.41, 5.74) is 0.714. The lowest BCUT2D eigenvalue weighted by atomic mass is 10.2. The van der Waals surface area contributed by atoms with E-state index in [0.717, 1.165) is 18.8 Å². The van der Waals surface area contributed by atoms with Crippen LogP contribution in [0, 0.1) is 10.1 Å². The maximum Gasteiger partial charge on any atom is 0.270 e. The highest BCUT2D eigenvalue weighted by Crippen LogP contribution is 2.26. The van der Waals surface area contributed by atoms with Crippen LogP contribution in [0.25, 0.3) is 10.9 Å². The first-order valence-corrected chi connectivity index (χ1v) is 9.34. The van der Waals surface area contributed by atoms with Crippen LogP contribution in [-0.2, 0) is 10.0 Å². The number of hydrogen-bond acceptors (Lipinski definition) is 6. The van der Waals surface area contributed by atoms with E-state index in [1.807, 2.05) is 11.0 Å². The van der Waals surface area contributed by atoms with Gasteiger partial charge in [-0.25, -0.2) is 17.7 Å². The Hall–Kier alpha value is -2.26. The Kier molecular flexibility index (Phi) is 4.14. The summed E-state index contributed by atoms with van der Waals surface area (Å²) in [5, 5.41) is 11.5. The van der Waals surface area contributed by atoms with Gasteiger partial charge in [-0.3, -0.25) is 10.1 Å². The van der Waals surface area contributed by atoms with Crippen molar-refractivity contribution in [1.29, 1.82) is 0 Å². The van der Waals surface area contributed by atoms with E-state index in [1.54, 1.807) is 19.2 Å². The SMILES string of the molecule is CN(C1CCN(c2ccc3cc([N+](=O)[O-])ccc3n2)C1)S(C)(=O)=O. The molecule has 1 aliphatic heterocycles. The molecule has 0 bridgehead atoms. The second-order valence-electron chi connectivity index (χ2n) is 5.97. The number of likely N-dealkylation sites (N-methyl/N-ethyl adjacent to an activating group) is 1. The minimum Gasteiger partial charge on any atom is -0.355 e. The van der Waals surface area contributed by atoms with Gasteiger partial charge >= 0.3 is 0 Å². The summed E-state index contributed by atoms with van der Waals surface area (Å²) >= 11 is 0. The van der Waals surface area contributed by atoms with Gasteiger partial charge in [0.05, 0.1) is 16.7 Å². The number of non-ortho nitro benzene ring substituents is 1. The number of hydrogen-bond donors (Lipinski definition) is 0. The normalized spacial score (nSPS) is 18.5. The van der Waals surface area contributed by atoms with E-state index >= 15 is 0 Å². The zero-order chi connectivity index (χ0) is 17.5. The molecule has 0 N–H and O–H groups in total.